The van der Waals surface area contributed by atoms with Gasteiger partial charge in [-0.15, -0.1) is 24.8 Å². The van der Waals surface area contributed by atoms with Gasteiger partial charge in [0.25, 0.3) is 0 Å². The predicted molar refractivity (Wildman–Crippen MR) is 44.5 cm³/mol. The average molecular weight is 261 g/mol. The number of halogens is 2. The van der Waals surface area contributed by atoms with Gasteiger partial charge >= 0.3 is 53.1 Å². The Kier molecular flexibility index (Phi) is 28.9. The van der Waals surface area contributed by atoms with Crippen molar-refractivity contribution < 1.29 is 18.0 Å². The molecule has 0 amide bonds. The van der Waals surface area contributed by atoms with Crippen molar-refractivity contribution >= 4 is 24.8 Å². The van der Waals surface area contributed by atoms with E-state index in [9.17, 15) is 0 Å². The van der Waals surface area contributed by atoms with Gasteiger partial charge in [-0.25, -0.2) is 0 Å². The summed E-state index contributed by atoms with van der Waals surface area (Å²) in [7, 11) is 0. The van der Waals surface area contributed by atoms with E-state index in [-0.39, 0.29) is 24.8 Å². The molecular formula is C6H12Cl2Pd. The Bertz CT molecular complexity index is 56.1. The van der Waals surface area contributed by atoms with E-state index >= 15 is 0 Å². The van der Waals surface area contributed by atoms with Gasteiger partial charge in [0, 0.05) is 0 Å². The molecule has 9 heavy (non-hydrogen) atoms. The zero-order chi connectivity index (χ0) is 5.54. The molecule has 0 bridgehead atoms. The summed E-state index contributed by atoms with van der Waals surface area (Å²) in [5, 5.41) is 0. The van der Waals surface area contributed by atoms with Gasteiger partial charge in [-0.3, -0.25) is 0 Å². The summed E-state index contributed by atoms with van der Waals surface area (Å²) >= 11 is 0.832. The second-order valence-electron chi connectivity index (χ2n) is 0.994. The molecule has 60 valence electrons. The minimum Gasteiger partial charge on any atom is -0.147 e. The Labute approximate surface area is 77.8 Å². The van der Waals surface area contributed by atoms with Crippen molar-refractivity contribution in [3.63, 3.8) is 0 Å². The van der Waals surface area contributed by atoms with Gasteiger partial charge in [0.1, 0.15) is 0 Å². The third-order valence-electron chi connectivity index (χ3n) is 0.365. The van der Waals surface area contributed by atoms with E-state index in [0.717, 1.165) is 18.0 Å². The molecule has 0 spiro atoms. The van der Waals surface area contributed by atoms with Crippen LogP contribution in [0, 0.1) is 0 Å². The summed E-state index contributed by atoms with van der Waals surface area (Å²) in [5.74, 6) is 0. The fraction of sp³-hybridized carbons (Fsp3) is 0.333. The number of hydrogen-bond donors (Lipinski definition) is 0. The Morgan fingerprint density at radius 1 is 1.00 bits per heavy atom. The molecule has 0 aromatic carbocycles. The number of allylic oxidation sites excluding steroid dienone is 2. The summed E-state index contributed by atoms with van der Waals surface area (Å²) in [6, 6.07) is 0. The van der Waals surface area contributed by atoms with Crippen molar-refractivity contribution in [1.82, 2.24) is 0 Å². The summed E-state index contributed by atoms with van der Waals surface area (Å²) in [5.41, 5.74) is 0. The van der Waals surface area contributed by atoms with Crippen molar-refractivity contribution in [3.8, 4) is 0 Å². The van der Waals surface area contributed by atoms with E-state index in [1.54, 1.807) is 0 Å². The largest absolute Gasteiger partial charge is 0.147 e. The molecule has 0 saturated heterocycles. The van der Waals surface area contributed by atoms with Crippen LogP contribution in [0.4, 0.5) is 0 Å². The molecule has 0 radical (unpaired) electrons. The minimum atomic E-state index is 0. The molecule has 0 nitrogen and oxygen atoms in total. The quantitative estimate of drug-likeness (QED) is 0.414. The van der Waals surface area contributed by atoms with Crippen molar-refractivity contribution in [1.29, 1.82) is 0 Å². The van der Waals surface area contributed by atoms with Gasteiger partial charge in [-0.2, -0.15) is 0 Å². The van der Waals surface area contributed by atoms with Crippen LogP contribution in [0.1, 0.15) is 0 Å². The molecule has 3 heteroatoms. The first-order valence-corrected chi connectivity index (χ1v) is 4.28. The van der Waals surface area contributed by atoms with E-state index in [0.29, 0.717) is 0 Å². The van der Waals surface area contributed by atoms with Crippen molar-refractivity contribution in [2.45, 2.75) is 9.79 Å². The number of rotatable bonds is 4. The third-order valence-corrected chi connectivity index (χ3v) is 2.16. The van der Waals surface area contributed by atoms with Crippen LogP contribution in [-0.4, -0.2) is 0 Å². The maximum Gasteiger partial charge on any atom is -0.147 e. The third kappa shape index (κ3) is 17.7. The van der Waals surface area contributed by atoms with E-state index in [1.165, 1.54) is 9.79 Å². The number of hydrogen-bond acceptors (Lipinski definition) is 0. The first-order chi connectivity index (χ1) is 3.41. The van der Waals surface area contributed by atoms with Crippen LogP contribution in [0.15, 0.2) is 25.3 Å². The van der Waals surface area contributed by atoms with Crippen LogP contribution in [0.5, 0.6) is 0 Å². The molecule has 0 unspecified atom stereocenters. The molecule has 0 saturated carbocycles. The molecule has 0 atom stereocenters. The fourth-order valence-electron chi connectivity index (χ4n) is 0.182. The van der Waals surface area contributed by atoms with Crippen LogP contribution in [0.25, 0.3) is 0 Å². The zero-order valence-electron chi connectivity index (χ0n) is 5.12. The fourth-order valence-corrected chi connectivity index (χ4v) is 1.08. The van der Waals surface area contributed by atoms with Gasteiger partial charge in [0.2, 0.25) is 0 Å². The van der Waals surface area contributed by atoms with Crippen molar-refractivity contribution in [2.24, 2.45) is 0 Å². The van der Waals surface area contributed by atoms with Gasteiger partial charge in [-0.1, -0.05) is 0 Å². The zero-order valence-corrected chi connectivity index (χ0v) is 8.30. The van der Waals surface area contributed by atoms with Crippen LogP contribution in [0.2, 0.25) is 9.79 Å². The summed E-state index contributed by atoms with van der Waals surface area (Å²) < 4.78 is 0. The second kappa shape index (κ2) is 15.9. The normalized spacial score (nSPS) is 6.67. The molecule has 0 aromatic heterocycles. The van der Waals surface area contributed by atoms with Crippen LogP contribution in [0.3, 0.4) is 0 Å². The van der Waals surface area contributed by atoms with Gasteiger partial charge in [-0.05, 0) is 0 Å². The van der Waals surface area contributed by atoms with Gasteiger partial charge < -0.3 is 0 Å². The Balaban J connectivity index is -0.000000180. The Morgan fingerprint density at radius 2 is 1.33 bits per heavy atom. The van der Waals surface area contributed by atoms with Crippen molar-refractivity contribution in [2.75, 3.05) is 0 Å². The predicted octanol–water partition coefficient (Wildman–Crippen LogP) is 3.12. The SMILES string of the molecule is C=C[CH2][Pd][CH2]C=C.Cl.Cl. The van der Waals surface area contributed by atoms with E-state index in [4.69, 9.17) is 0 Å². The Hall–Kier alpha value is 0.722. The minimum absolute atomic E-state index is 0. The van der Waals surface area contributed by atoms with Gasteiger partial charge in [0.15, 0.2) is 0 Å². The molecule has 0 aliphatic heterocycles. The Morgan fingerprint density at radius 3 is 1.56 bits per heavy atom. The first-order valence-electron chi connectivity index (χ1n) is 2.08. The molecule has 0 aromatic rings. The molecule has 0 rings (SSSR count). The van der Waals surface area contributed by atoms with Crippen LogP contribution >= 0.6 is 24.8 Å². The average Bonchev–Trinajstić information content (AvgIpc) is 1.69. The molecular weight excluding hydrogens is 249 g/mol. The van der Waals surface area contributed by atoms with E-state index in [2.05, 4.69) is 13.2 Å². The van der Waals surface area contributed by atoms with Gasteiger partial charge in [0.05, 0.1) is 0 Å². The summed E-state index contributed by atoms with van der Waals surface area (Å²) in [6.07, 6.45) is 3.91. The molecule has 0 N–H and O–H groups in total. The molecule has 0 aliphatic carbocycles. The first kappa shape index (κ1) is 16.4. The van der Waals surface area contributed by atoms with E-state index in [1.807, 2.05) is 12.2 Å². The van der Waals surface area contributed by atoms with Crippen LogP contribution in [-0.2, 0) is 18.0 Å². The molecule has 0 heterocycles. The standard InChI is InChI=1S/2C3H5.2ClH.Pd/c2*1-3-2;;;/h2*3H,1-2H2;2*1H;. The maximum atomic E-state index is 3.61. The topological polar surface area (TPSA) is 0 Å². The van der Waals surface area contributed by atoms with Crippen molar-refractivity contribution in [3.05, 3.63) is 25.3 Å². The van der Waals surface area contributed by atoms with E-state index < -0.39 is 0 Å². The second-order valence-corrected chi connectivity index (χ2v) is 3.04. The summed E-state index contributed by atoms with van der Waals surface area (Å²) in [6.45, 7) is 7.22. The molecule has 0 aliphatic rings. The smallest absolute Gasteiger partial charge is 0.147 e. The maximum absolute atomic E-state index is 3.61. The molecule has 0 fully saturated rings. The van der Waals surface area contributed by atoms with Crippen LogP contribution < -0.4 is 0 Å². The summed E-state index contributed by atoms with van der Waals surface area (Å²) in [4.78, 5) is 2.33. The monoisotopic (exact) mass is 260 g/mol.